The third kappa shape index (κ3) is 2.86. The van der Waals surface area contributed by atoms with Crippen molar-refractivity contribution in [1.82, 2.24) is 9.97 Å². The lowest BCUT2D eigenvalue weighted by atomic mass is 10.0. The number of hydrogen-bond donors (Lipinski definition) is 1. The molecule has 0 aliphatic carbocycles. The van der Waals surface area contributed by atoms with Gasteiger partial charge in [-0.1, -0.05) is 18.2 Å². The molecule has 0 saturated carbocycles. The van der Waals surface area contributed by atoms with Crippen LogP contribution in [0.4, 0.5) is 0 Å². The molecule has 3 aromatic rings. The zero-order valence-electron chi connectivity index (χ0n) is 13.1. The van der Waals surface area contributed by atoms with E-state index >= 15 is 0 Å². The molecule has 2 aromatic carbocycles. The largest absolute Gasteiger partial charge is 0.490 e. The van der Waals surface area contributed by atoms with Crippen molar-refractivity contribution in [3.8, 4) is 11.8 Å². The fourth-order valence-corrected chi connectivity index (χ4v) is 2.93. The summed E-state index contributed by atoms with van der Waals surface area (Å²) in [5.41, 5.74) is 4.49. The van der Waals surface area contributed by atoms with Crippen LogP contribution >= 0.6 is 12.4 Å². The second-order valence-corrected chi connectivity index (χ2v) is 5.77. The van der Waals surface area contributed by atoms with Crippen LogP contribution in [0.15, 0.2) is 42.5 Å². The first kappa shape index (κ1) is 16.1. The summed E-state index contributed by atoms with van der Waals surface area (Å²) in [6.07, 6.45) is 2.99. The number of nitrogens with zero attached hydrogens (tertiary/aromatic N) is 2. The van der Waals surface area contributed by atoms with E-state index in [1.54, 1.807) is 0 Å². The Morgan fingerprint density at radius 3 is 2.96 bits per heavy atom. The molecule has 120 valence electrons. The van der Waals surface area contributed by atoms with Crippen LogP contribution in [0, 0.1) is 11.3 Å². The lowest BCUT2D eigenvalue weighted by Gasteiger charge is -2.02. The first-order chi connectivity index (χ1) is 11.2. The molecule has 0 amide bonds. The minimum Gasteiger partial charge on any atom is -0.490 e. The van der Waals surface area contributed by atoms with Crippen LogP contribution in [-0.2, 0) is 6.42 Å². The van der Waals surface area contributed by atoms with Gasteiger partial charge in [0.25, 0.3) is 0 Å². The molecule has 1 N–H and O–H groups in total. The molecule has 1 unspecified atom stereocenters. The highest BCUT2D eigenvalue weighted by Crippen LogP contribution is 2.30. The maximum atomic E-state index is 9.50. The van der Waals surface area contributed by atoms with Crippen LogP contribution < -0.4 is 4.74 Å². The van der Waals surface area contributed by atoms with Gasteiger partial charge in [-0.15, -0.1) is 12.4 Å². The minimum absolute atomic E-state index is 0. The van der Waals surface area contributed by atoms with E-state index in [-0.39, 0.29) is 18.5 Å². The van der Waals surface area contributed by atoms with Crippen LogP contribution in [0.1, 0.15) is 23.9 Å². The number of imidazole rings is 1. The van der Waals surface area contributed by atoms with Crippen molar-refractivity contribution in [3.63, 3.8) is 0 Å². The Morgan fingerprint density at radius 1 is 1.33 bits per heavy atom. The summed E-state index contributed by atoms with van der Waals surface area (Å²) < 4.78 is 5.71. The van der Waals surface area contributed by atoms with Crippen molar-refractivity contribution in [1.29, 1.82) is 5.26 Å². The van der Waals surface area contributed by atoms with Gasteiger partial charge in [-0.2, -0.15) is 5.26 Å². The van der Waals surface area contributed by atoms with Crippen molar-refractivity contribution in [2.75, 3.05) is 0 Å². The van der Waals surface area contributed by atoms with E-state index in [2.05, 4.69) is 29.0 Å². The molecule has 0 fully saturated rings. The quantitative estimate of drug-likeness (QED) is 0.706. The Bertz CT molecular complexity index is 935. The molecule has 0 bridgehead atoms. The average Bonchev–Trinajstić information content (AvgIpc) is 3.14. The first-order valence-electron chi connectivity index (χ1n) is 7.59. The number of nitriles is 1. The molecule has 4 nitrogen and oxygen atoms in total. The van der Waals surface area contributed by atoms with Crippen LogP contribution in [-0.4, -0.2) is 16.1 Å². The molecule has 1 atom stereocenters. The fourth-order valence-electron chi connectivity index (χ4n) is 2.93. The molecule has 2 heterocycles. The van der Waals surface area contributed by atoms with Crippen LogP contribution in [0.3, 0.4) is 0 Å². The summed E-state index contributed by atoms with van der Waals surface area (Å²) in [6.45, 7) is 2.06. The highest BCUT2D eigenvalue weighted by molar-refractivity contribution is 5.90. The summed E-state index contributed by atoms with van der Waals surface area (Å²) in [5.74, 6) is 1.54. The fraction of sp³-hybridized carbons (Fsp3) is 0.158. The van der Waals surface area contributed by atoms with Gasteiger partial charge in [0.2, 0.25) is 0 Å². The number of halogens is 1. The number of hydrogen-bond acceptors (Lipinski definition) is 3. The van der Waals surface area contributed by atoms with Crippen LogP contribution in [0.25, 0.3) is 22.7 Å². The third-order valence-electron chi connectivity index (χ3n) is 4.00. The smallest absolute Gasteiger partial charge is 0.149 e. The predicted molar refractivity (Wildman–Crippen MR) is 97.1 cm³/mol. The van der Waals surface area contributed by atoms with Crippen molar-refractivity contribution in [2.24, 2.45) is 0 Å². The Morgan fingerprint density at radius 2 is 2.17 bits per heavy atom. The molecular weight excluding hydrogens is 322 g/mol. The number of fused-ring (bicyclic) bond motifs is 2. The molecule has 0 saturated heterocycles. The second-order valence-electron chi connectivity index (χ2n) is 5.77. The average molecular weight is 338 g/mol. The van der Waals surface area contributed by atoms with E-state index < -0.39 is 0 Å². The van der Waals surface area contributed by atoms with E-state index in [1.807, 2.05) is 42.5 Å². The normalized spacial score (nSPS) is 16.2. The number of H-pyrrole nitrogens is 1. The van der Waals surface area contributed by atoms with Crippen molar-refractivity contribution in [2.45, 2.75) is 19.4 Å². The monoisotopic (exact) mass is 337 g/mol. The second kappa shape index (κ2) is 6.38. The van der Waals surface area contributed by atoms with Gasteiger partial charge >= 0.3 is 0 Å². The van der Waals surface area contributed by atoms with Gasteiger partial charge in [-0.05, 0) is 48.4 Å². The standard InChI is InChI=1S/C19H15N3O.ClH/c1-12-8-14-9-13(6-7-18(14)23-12)10-15(11-20)19-21-16-4-2-3-5-17(16)22-19;/h2-7,9-10,12H,8H2,1H3,(H,21,22);1H/b15-10-;. The summed E-state index contributed by atoms with van der Waals surface area (Å²) in [7, 11) is 0. The van der Waals surface area contributed by atoms with Gasteiger partial charge in [0.1, 0.15) is 23.7 Å². The van der Waals surface area contributed by atoms with Gasteiger partial charge in [-0.3, -0.25) is 0 Å². The molecule has 1 aromatic heterocycles. The lowest BCUT2D eigenvalue weighted by Crippen LogP contribution is -2.05. The van der Waals surface area contributed by atoms with Gasteiger partial charge in [0.05, 0.1) is 16.6 Å². The van der Waals surface area contributed by atoms with E-state index in [9.17, 15) is 5.26 Å². The minimum atomic E-state index is 0. The van der Waals surface area contributed by atoms with Crippen molar-refractivity contribution < 1.29 is 4.74 Å². The first-order valence-corrected chi connectivity index (χ1v) is 7.59. The highest BCUT2D eigenvalue weighted by Gasteiger charge is 2.18. The molecule has 5 heteroatoms. The molecule has 4 rings (SSSR count). The van der Waals surface area contributed by atoms with E-state index in [1.165, 1.54) is 5.56 Å². The number of benzene rings is 2. The summed E-state index contributed by atoms with van der Waals surface area (Å²) in [4.78, 5) is 7.69. The van der Waals surface area contributed by atoms with E-state index in [0.29, 0.717) is 11.4 Å². The number of aromatic amines is 1. The predicted octanol–water partition coefficient (Wildman–Crippen LogP) is 4.37. The number of allylic oxidation sites excluding steroid dienone is 1. The van der Waals surface area contributed by atoms with Crippen LogP contribution in [0.2, 0.25) is 0 Å². The Kier molecular flexibility index (Phi) is 4.28. The number of rotatable bonds is 2. The molecule has 24 heavy (non-hydrogen) atoms. The number of para-hydroxylation sites is 2. The number of ether oxygens (including phenoxy) is 1. The number of nitrogens with one attached hydrogen (secondary N) is 1. The number of aromatic nitrogens is 2. The maximum Gasteiger partial charge on any atom is 0.149 e. The van der Waals surface area contributed by atoms with Crippen molar-refractivity contribution in [3.05, 3.63) is 59.4 Å². The molecule has 0 radical (unpaired) electrons. The lowest BCUT2D eigenvalue weighted by molar-refractivity contribution is 0.254. The zero-order valence-corrected chi connectivity index (χ0v) is 13.9. The van der Waals surface area contributed by atoms with Gasteiger partial charge in [0, 0.05) is 6.42 Å². The Hall–Kier alpha value is -2.77. The molecule has 0 spiro atoms. The Balaban J connectivity index is 0.00000169. The van der Waals surface area contributed by atoms with Crippen molar-refractivity contribution >= 4 is 35.1 Å². The SMILES string of the molecule is CC1Cc2cc(/C=C(/C#N)c3nc4ccccc4[nH]3)ccc2O1.Cl. The summed E-state index contributed by atoms with van der Waals surface area (Å²) >= 11 is 0. The maximum absolute atomic E-state index is 9.50. The summed E-state index contributed by atoms with van der Waals surface area (Å²) in [5, 5.41) is 9.50. The molecule has 1 aliphatic rings. The third-order valence-corrected chi connectivity index (χ3v) is 4.00. The highest BCUT2D eigenvalue weighted by atomic mass is 35.5. The molecular formula is C19H16ClN3O. The van der Waals surface area contributed by atoms with Gasteiger partial charge < -0.3 is 9.72 Å². The van der Waals surface area contributed by atoms with Gasteiger partial charge in [0.15, 0.2) is 0 Å². The van der Waals surface area contributed by atoms with E-state index in [0.717, 1.165) is 28.8 Å². The van der Waals surface area contributed by atoms with Crippen LogP contribution in [0.5, 0.6) is 5.75 Å². The summed E-state index contributed by atoms with van der Waals surface area (Å²) in [6, 6.07) is 16.0. The molecule has 1 aliphatic heterocycles. The Labute approximate surface area is 146 Å². The van der Waals surface area contributed by atoms with Gasteiger partial charge in [-0.25, -0.2) is 4.98 Å². The topological polar surface area (TPSA) is 61.7 Å². The zero-order chi connectivity index (χ0) is 15.8. The van der Waals surface area contributed by atoms with E-state index in [4.69, 9.17) is 4.74 Å².